The summed E-state index contributed by atoms with van der Waals surface area (Å²) in [5.74, 6) is 0. The average molecular weight is 317 g/mol. The summed E-state index contributed by atoms with van der Waals surface area (Å²) in [5.41, 5.74) is 8.91. The van der Waals surface area contributed by atoms with Crippen molar-refractivity contribution in [3.8, 4) is 0 Å². The number of aromatic nitrogens is 3. The lowest BCUT2D eigenvalue weighted by molar-refractivity contribution is 0.973. The quantitative estimate of drug-likeness (QED) is 0.548. The predicted molar refractivity (Wildman–Crippen MR) is 98.3 cm³/mol. The van der Waals surface area contributed by atoms with Crippen molar-refractivity contribution in [1.29, 1.82) is 0 Å². The van der Waals surface area contributed by atoms with Gasteiger partial charge in [-0.05, 0) is 43.3 Å². The van der Waals surface area contributed by atoms with E-state index in [1.807, 2.05) is 0 Å². The molecule has 3 N–H and O–H groups in total. The third kappa shape index (κ3) is 3.46. The van der Waals surface area contributed by atoms with Crippen LogP contribution in [0.15, 0.2) is 60.2 Å². The van der Waals surface area contributed by atoms with E-state index in [0.717, 1.165) is 25.7 Å². The van der Waals surface area contributed by atoms with E-state index in [1.165, 1.54) is 39.7 Å². The van der Waals surface area contributed by atoms with Crippen LogP contribution in [0.1, 0.15) is 41.1 Å². The number of hydrogen-bond acceptors (Lipinski definition) is 0. The largest absolute Gasteiger partial charge is 0.362 e. The third-order valence-electron chi connectivity index (χ3n) is 4.51. The second-order valence-corrected chi connectivity index (χ2v) is 6.70. The zero-order chi connectivity index (χ0) is 16.4. The first kappa shape index (κ1) is 14.9. The van der Waals surface area contributed by atoms with E-state index >= 15 is 0 Å². The zero-order valence-corrected chi connectivity index (χ0v) is 14.0. The van der Waals surface area contributed by atoms with Crippen LogP contribution in [0.4, 0.5) is 0 Å². The highest BCUT2D eigenvalue weighted by Gasteiger charge is 2.06. The molecule has 0 radical (unpaired) electrons. The molecule has 1 aliphatic heterocycles. The lowest BCUT2D eigenvalue weighted by atomic mass is 10.1. The van der Waals surface area contributed by atoms with Crippen LogP contribution < -0.4 is 0 Å². The minimum absolute atomic E-state index is 0.915. The van der Waals surface area contributed by atoms with Crippen molar-refractivity contribution in [3.05, 3.63) is 94.4 Å². The van der Waals surface area contributed by atoms with Crippen LogP contribution in [0.2, 0.25) is 0 Å². The average Bonchev–Trinajstić information content (AvgIpc) is 3.27. The molecule has 1 aliphatic rings. The highest BCUT2D eigenvalue weighted by molar-refractivity contribution is 5.27. The first-order valence-corrected chi connectivity index (χ1v) is 8.57. The molecule has 6 bridgehead atoms. The summed E-state index contributed by atoms with van der Waals surface area (Å²) in [4.78, 5) is 10.6. The molecule has 4 rings (SSSR count). The summed E-state index contributed by atoms with van der Waals surface area (Å²) in [7, 11) is 0. The Balaban J connectivity index is 1.65. The van der Waals surface area contributed by atoms with Gasteiger partial charge in [-0.25, -0.2) is 0 Å². The van der Waals surface area contributed by atoms with E-state index in [9.17, 15) is 0 Å². The molecule has 0 saturated heterocycles. The summed E-state index contributed by atoms with van der Waals surface area (Å²) in [6, 6.07) is 13.1. The molecule has 3 nitrogen and oxygen atoms in total. The lowest BCUT2D eigenvalue weighted by Gasteiger charge is -1.99. The van der Waals surface area contributed by atoms with Gasteiger partial charge in [0.05, 0.1) is 0 Å². The van der Waals surface area contributed by atoms with E-state index in [0.29, 0.717) is 0 Å². The van der Waals surface area contributed by atoms with Crippen molar-refractivity contribution in [2.24, 2.45) is 0 Å². The second kappa shape index (κ2) is 6.44. The first-order valence-electron chi connectivity index (χ1n) is 8.57. The van der Waals surface area contributed by atoms with Gasteiger partial charge in [-0.15, -0.1) is 0 Å². The van der Waals surface area contributed by atoms with Crippen LogP contribution in [0.3, 0.4) is 0 Å². The number of H-pyrrole nitrogens is 3. The molecule has 0 unspecified atom stereocenters. The van der Waals surface area contributed by atoms with Gasteiger partial charge >= 0.3 is 0 Å². The van der Waals surface area contributed by atoms with Crippen molar-refractivity contribution >= 4 is 0 Å². The van der Waals surface area contributed by atoms with Crippen LogP contribution in [0.25, 0.3) is 0 Å². The van der Waals surface area contributed by atoms with Gasteiger partial charge in [0, 0.05) is 59.8 Å². The van der Waals surface area contributed by atoms with Crippen molar-refractivity contribution in [2.45, 2.75) is 32.6 Å². The monoisotopic (exact) mass is 317 g/mol. The Labute approximate surface area is 142 Å². The summed E-state index contributed by atoms with van der Waals surface area (Å²) >= 11 is 0. The maximum Gasteiger partial charge on any atom is 0.0278 e. The van der Waals surface area contributed by atoms with Gasteiger partial charge in [-0.2, -0.15) is 0 Å². The predicted octanol–water partition coefficient (Wildman–Crippen LogP) is 4.45. The molecule has 3 aromatic heterocycles. The van der Waals surface area contributed by atoms with Gasteiger partial charge < -0.3 is 15.0 Å². The second-order valence-electron chi connectivity index (χ2n) is 6.70. The van der Waals surface area contributed by atoms with E-state index in [1.54, 1.807) is 0 Å². The van der Waals surface area contributed by atoms with Crippen molar-refractivity contribution in [2.75, 3.05) is 0 Å². The third-order valence-corrected chi connectivity index (χ3v) is 4.51. The molecule has 0 saturated carbocycles. The summed E-state index contributed by atoms with van der Waals surface area (Å²) < 4.78 is 0. The number of allylic oxidation sites excluding steroid dienone is 4. The molecule has 0 aromatic carbocycles. The molecular weight excluding hydrogens is 294 g/mol. The Morgan fingerprint density at radius 1 is 0.625 bits per heavy atom. The molecule has 24 heavy (non-hydrogen) atoms. The van der Waals surface area contributed by atoms with E-state index < -0.39 is 0 Å². The molecule has 122 valence electrons. The molecular formula is C21H23N3. The Morgan fingerprint density at radius 2 is 1.08 bits per heavy atom. The standard InChI is InChI=1S/C21H23N3/c1-15-4-2-3-5-16-6-7-18(22-16)13-20-10-11-21(24-20)14-19-9-8-17(12-15)23-19/h2-4,6-11,22-24H,5,12-14H2,1H3/b3-2+,15-4+. The van der Waals surface area contributed by atoms with Gasteiger partial charge in [0.15, 0.2) is 0 Å². The van der Waals surface area contributed by atoms with E-state index in [-0.39, 0.29) is 0 Å². The van der Waals surface area contributed by atoms with Crippen LogP contribution in [0, 0.1) is 0 Å². The lowest BCUT2D eigenvalue weighted by Crippen LogP contribution is -1.93. The van der Waals surface area contributed by atoms with Crippen LogP contribution >= 0.6 is 0 Å². The first-order chi connectivity index (χ1) is 11.7. The molecule has 4 heterocycles. The molecule has 3 aromatic rings. The minimum atomic E-state index is 0.915. The maximum absolute atomic E-state index is 3.55. The van der Waals surface area contributed by atoms with Crippen LogP contribution in [-0.2, 0) is 25.7 Å². The fourth-order valence-electron chi connectivity index (χ4n) is 3.30. The van der Waals surface area contributed by atoms with Crippen molar-refractivity contribution in [3.63, 3.8) is 0 Å². The Hall–Kier alpha value is -2.68. The number of hydrogen-bond donors (Lipinski definition) is 3. The van der Waals surface area contributed by atoms with Gasteiger partial charge in [-0.1, -0.05) is 23.8 Å². The number of fused-ring (bicyclic) bond motifs is 6. The van der Waals surface area contributed by atoms with Gasteiger partial charge in [-0.3, -0.25) is 0 Å². The molecule has 3 heteroatoms. The molecule has 0 amide bonds. The summed E-state index contributed by atoms with van der Waals surface area (Å²) in [5, 5.41) is 0. The molecule has 0 atom stereocenters. The topological polar surface area (TPSA) is 47.4 Å². The normalized spacial score (nSPS) is 18.6. The van der Waals surface area contributed by atoms with Crippen molar-refractivity contribution in [1.82, 2.24) is 15.0 Å². The highest BCUT2D eigenvalue weighted by atomic mass is 14.8. The Morgan fingerprint density at radius 3 is 1.67 bits per heavy atom. The number of nitrogens with one attached hydrogen (secondary N) is 3. The van der Waals surface area contributed by atoms with Crippen LogP contribution in [-0.4, -0.2) is 15.0 Å². The zero-order valence-electron chi connectivity index (χ0n) is 14.0. The summed E-state index contributed by atoms with van der Waals surface area (Å²) in [6.45, 7) is 2.18. The Bertz CT molecular complexity index is 886. The fraction of sp³-hybridized carbons (Fsp3) is 0.238. The highest BCUT2D eigenvalue weighted by Crippen LogP contribution is 2.15. The van der Waals surface area contributed by atoms with Gasteiger partial charge in [0.1, 0.15) is 0 Å². The van der Waals surface area contributed by atoms with E-state index in [2.05, 4.69) is 76.5 Å². The Kier molecular flexibility index (Phi) is 3.99. The van der Waals surface area contributed by atoms with Gasteiger partial charge in [0.2, 0.25) is 0 Å². The minimum Gasteiger partial charge on any atom is -0.362 e. The number of rotatable bonds is 0. The maximum atomic E-state index is 3.55. The van der Waals surface area contributed by atoms with Crippen LogP contribution in [0.5, 0.6) is 0 Å². The SMILES string of the molecule is C/C1=C\C=C\Cc2ccc([nH]2)Cc2ccc([nH]2)Cc2ccc([nH]2)C1. The summed E-state index contributed by atoms with van der Waals surface area (Å²) in [6.07, 6.45) is 10.3. The van der Waals surface area contributed by atoms with E-state index in [4.69, 9.17) is 0 Å². The smallest absolute Gasteiger partial charge is 0.0278 e. The molecule has 0 spiro atoms. The fourth-order valence-corrected chi connectivity index (χ4v) is 3.30. The van der Waals surface area contributed by atoms with Gasteiger partial charge in [0.25, 0.3) is 0 Å². The molecule has 0 fully saturated rings. The van der Waals surface area contributed by atoms with Crippen molar-refractivity contribution < 1.29 is 0 Å². The molecule has 0 aliphatic carbocycles. The number of aromatic amines is 3.